The summed E-state index contributed by atoms with van der Waals surface area (Å²) in [6, 6.07) is 8.64. The number of rotatable bonds is 3. The molecule has 0 aliphatic carbocycles. The number of nitrogens with two attached hydrogens (primary N) is 1. The molecule has 1 heterocycles. The molecule has 0 aliphatic rings. The van der Waals surface area contributed by atoms with Crippen molar-refractivity contribution < 1.29 is 0 Å². The molecule has 1 atom stereocenters. The first-order valence-electron chi connectivity index (χ1n) is 5.49. The van der Waals surface area contributed by atoms with Gasteiger partial charge in [0.25, 0.3) is 0 Å². The van der Waals surface area contributed by atoms with Crippen molar-refractivity contribution in [1.29, 1.82) is 0 Å². The van der Waals surface area contributed by atoms with Gasteiger partial charge in [-0.2, -0.15) is 0 Å². The van der Waals surface area contributed by atoms with Gasteiger partial charge in [-0.25, -0.2) is 0 Å². The Morgan fingerprint density at radius 2 is 2.00 bits per heavy atom. The lowest BCUT2D eigenvalue weighted by Gasteiger charge is -2.14. The van der Waals surface area contributed by atoms with Gasteiger partial charge in [0, 0.05) is 17.8 Å². The number of hydrogen-bond donors (Lipinski definition) is 2. The highest BCUT2D eigenvalue weighted by atomic mass is 35.5. The summed E-state index contributed by atoms with van der Waals surface area (Å²) in [5.74, 6) is 0.641. The topological polar surface area (TPSA) is 41.8 Å². The molecule has 3 N–H and O–H groups in total. The van der Waals surface area contributed by atoms with E-state index in [9.17, 15) is 0 Å². The first kappa shape index (κ1) is 13.1. The maximum atomic E-state index is 6.15. The predicted octanol–water partition coefficient (Wildman–Crippen LogP) is 3.64. The van der Waals surface area contributed by atoms with E-state index in [1.165, 1.54) is 16.5 Å². The molecule has 88 valence electrons. The van der Waals surface area contributed by atoms with Crippen molar-refractivity contribution in [2.45, 2.75) is 26.3 Å². The van der Waals surface area contributed by atoms with E-state index in [4.69, 9.17) is 5.73 Å². The van der Waals surface area contributed by atoms with Crippen LogP contribution in [0.15, 0.2) is 30.5 Å². The molecule has 0 aliphatic heterocycles. The monoisotopic (exact) mass is 238 g/mol. The van der Waals surface area contributed by atoms with E-state index in [-0.39, 0.29) is 18.4 Å². The SMILES string of the molecule is CC(C)C[C@@H](N)c1ccc2[nH]ccc2c1.Cl. The molecule has 0 fully saturated rings. The zero-order valence-electron chi connectivity index (χ0n) is 9.73. The molecule has 1 aromatic carbocycles. The lowest BCUT2D eigenvalue weighted by molar-refractivity contribution is 0.510. The van der Waals surface area contributed by atoms with Crippen LogP contribution in [0.2, 0.25) is 0 Å². The zero-order valence-corrected chi connectivity index (χ0v) is 10.6. The fraction of sp³-hybridized carbons (Fsp3) is 0.385. The zero-order chi connectivity index (χ0) is 10.8. The minimum atomic E-state index is 0. The molecule has 3 heteroatoms. The van der Waals surface area contributed by atoms with Crippen molar-refractivity contribution >= 4 is 23.3 Å². The van der Waals surface area contributed by atoms with Crippen LogP contribution in [0.4, 0.5) is 0 Å². The van der Waals surface area contributed by atoms with Crippen molar-refractivity contribution in [3.8, 4) is 0 Å². The number of fused-ring (bicyclic) bond motifs is 1. The largest absolute Gasteiger partial charge is 0.361 e. The van der Waals surface area contributed by atoms with E-state index in [0.717, 1.165) is 6.42 Å². The Morgan fingerprint density at radius 1 is 1.25 bits per heavy atom. The molecule has 16 heavy (non-hydrogen) atoms. The number of hydrogen-bond acceptors (Lipinski definition) is 1. The number of H-pyrrole nitrogens is 1. The average molecular weight is 239 g/mol. The van der Waals surface area contributed by atoms with Gasteiger partial charge in [-0.3, -0.25) is 0 Å². The molecule has 0 bridgehead atoms. The van der Waals surface area contributed by atoms with Crippen LogP contribution in [-0.2, 0) is 0 Å². The summed E-state index contributed by atoms with van der Waals surface area (Å²) in [5.41, 5.74) is 8.55. The highest BCUT2D eigenvalue weighted by molar-refractivity contribution is 5.85. The molecule has 0 amide bonds. The van der Waals surface area contributed by atoms with Gasteiger partial charge < -0.3 is 10.7 Å². The number of halogens is 1. The fourth-order valence-electron chi connectivity index (χ4n) is 1.95. The van der Waals surface area contributed by atoms with Gasteiger partial charge >= 0.3 is 0 Å². The van der Waals surface area contributed by atoms with Crippen LogP contribution >= 0.6 is 12.4 Å². The van der Waals surface area contributed by atoms with Crippen molar-refractivity contribution in [1.82, 2.24) is 4.98 Å². The Bertz CT molecular complexity index is 448. The van der Waals surface area contributed by atoms with Crippen LogP contribution in [0.3, 0.4) is 0 Å². The first-order chi connectivity index (χ1) is 7.16. The molecular weight excluding hydrogens is 220 g/mol. The highest BCUT2D eigenvalue weighted by Gasteiger charge is 2.08. The normalized spacial score (nSPS) is 12.8. The number of benzene rings is 1. The average Bonchev–Trinajstić information content (AvgIpc) is 2.62. The smallest absolute Gasteiger partial charge is 0.0454 e. The quantitative estimate of drug-likeness (QED) is 0.843. The number of aromatic nitrogens is 1. The lowest BCUT2D eigenvalue weighted by atomic mass is 9.97. The van der Waals surface area contributed by atoms with Crippen molar-refractivity contribution in [3.63, 3.8) is 0 Å². The van der Waals surface area contributed by atoms with Gasteiger partial charge in [0.05, 0.1) is 0 Å². The van der Waals surface area contributed by atoms with E-state index in [0.29, 0.717) is 5.92 Å². The second-order valence-corrected chi connectivity index (χ2v) is 4.56. The van der Waals surface area contributed by atoms with Crippen LogP contribution in [-0.4, -0.2) is 4.98 Å². The van der Waals surface area contributed by atoms with Crippen LogP contribution in [0, 0.1) is 5.92 Å². The first-order valence-corrected chi connectivity index (χ1v) is 5.49. The Hall–Kier alpha value is -0.990. The summed E-state index contributed by atoms with van der Waals surface area (Å²) in [6.45, 7) is 4.41. The molecule has 2 rings (SSSR count). The van der Waals surface area contributed by atoms with Crippen LogP contribution in [0.1, 0.15) is 31.9 Å². The van der Waals surface area contributed by atoms with Crippen LogP contribution < -0.4 is 5.73 Å². The third-order valence-electron chi connectivity index (χ3n) is 2.73. The molecule has 1 aromatic heterocycles. The summed E-state index contributed by atoms with van der Waals surface area (Å²) >= 11 is 0. The van der Waals surface area contributed by atoms with E-state index in [2.05, 4.69) is 43.1 Å². The summed E-state index contributed by atoms with van der Waals surface area (Å²) in [5, 5.41) is 1.24. The molecule has 0 saturated heterocycles. The van der Waals surface area contributed by atoms with Gasteiger partial charge in [0.2, 0.25) is 0 Å². The second kappa shape index (κ2) is 5.37. The Morgan fingerprint density at radius 3 is 2.69 bits per heavy atom. The molecule has 2 aromatic rings. The standard InChI is InChI=1S/C13H18N2.ClH/c1-9(2)7-12(14)10-3-4-13-11(8-10)5-6-15-13;/h3-6,8-9,12,15H,7,14H2,1-2H3;1H/t12-;/m1./s1. The molecule has 0 spiro atoms. The molecular formula is C13H19ClN2. The van der Waals surface area contributed by atoms with E-state index >= 15 is 0 Å². The fourth-order valence-corrected chi connectivity index (χ4v) is 1.95. The van der Waals surface area contributed by atoms with Crippen molar-refractivity contribution in [2.75, 3.05) is 0 Å². The molecule has 2 nitrogen and oxygen atoms in total. The van der Waals surface area contributed by atoms with Crippen LogP contribution in [0.5, 0.6) is 0 Å². The van der Waals surface area contributed by atoms with Crippen LogP contribution in [0.25, 0.3) is 10.9 Å². The van der Waals surface area contributed by atoms with E-state index in [1.54, 1.807) is 0 Å². The van der Waals surface area contributed by atoms with Gasteiger partial charge in [-0.15, -0.1) is 12.4 Å². The maximum Gasteiger partial charge on any atom is 0.0454 e. The maximum absolute atomic E-state index is 6.15. The van der Waals surface area contributed by atoms with E-state index in [1.807, 2.05) is 6.20 Å². The summed E-state index contributed by atoms with van der Waals surface area (Å²) in [4.78, 5) is 3.19. The second-order valence-electron chi connectivity index (χ2n) is 4.56. The van der Waals surface area contributed by atoms with Gasteiger partial charge in [-0.05, 0) is 41.5 Å². The van der Waals surface area contributed by atoms with Gasteiger partial charge in [0.1, 0.15) is 0 Å². The molecule has 0 saturated carbocycles. The van der Waals surface area contributed by atoms with Gasteiger partial charge in [0.15, 0.2) is 0 Å². The minimum absolute atomic E-state index is 0. The Labute approximate surface area is 103 Å². The molecule has 0 radical (unpaired) electrons. The summed E-state index contributed by atoms with van der Waals surface area (Å²) < 4.78 is 0. The van der Waals surface area contributed by atoms with Gasteiger partial charge in [-0.1, -0.05) is 19.9 Å². The summed E-state index contributed by atoms with van der Waals surface area (Å²) in [6.07, 6.45) is 3.00. The minimum Gasteiger partial charge on any atom is -0.361 e. The number of nitrogens with one attached hydrogen (secondary N) is 1. The summed E-state index contributed by atoms with van der Waals surface area (Å²) in [7, 11) is 0. The molecule has 0 unspecified atom stereocenters. The van der Waals surface area contributed by atoms with Crippen molar-refractivity contribution in [3.05, 3.63) is 36.0 Å². The Balaban J connectivity index is 0.00000128. The highest BCUT2D eigenvalue weighted by Crippen LogP contribution is 2.22. The van der Waals surface area contributed by atoms with E-state index < -0.39 is 0 Å². The third-order valence-corrected chi connectivity index (χ3v) is 2.73. The Kier molecular flexibility index (Phi) is 4.39. The predicted molar refractivity (Wildman–Crippen MR) is 71.9 cm³/mol. The lowest BCUT2D eigenvalue weighted by Crippen LogP contribution is -2.12. The van der Waals surface area contributed by atoms with Crippen molar-refractivity contribution in [2.24, 2.45) is 11.7 Å². The third kappa shape index (κ3) is 2.77. The number of aromatic amines is 1.